The molecule has 1 atom stereocenters. The van der Waals surface area contributed by atoms with E-state index in [1.807, 2.05) is 0 Å². The molecule has 0 unspecified atom stereocenters. The minimum Gasteiger partial charge on any atom is -0.508 e. The van der Waals surface area contributed by atoms with Crippen LogP contribution in [-0.4, -0.2) is 38.3 Å². The third-order valence-corrected chi connectivity index (χ3v) is 3.19. The van der Waals surface area contributed by atoms with Crippen LogP contribution in [0.2, 0.25) is 0 Å². The largest absolute Gasteiger partial charge is 0.508 e. The van der Waals surface area contributed by atoms with Gasteiger partial charge in [0, 0.05) is 18.6 Å². The number of aromatic hydroxyl groups is 3. The van der Waals surface area contributed by atoms with Crippen molar-refractivity contribution in [3.8, 4) is 17.2 Å². The summed E-state index contributed by atoms with van der Waals surface area (Å²) < 4.78 is 0. The van der Waals surface area contributed by atoms with Crippen LogP contribution >= 0.6 is 0 Å². The van der Waals surface area contributed by atoms with E-state index >= 15 is 0 Å². The maximum absolute atomic E-state index is 12.1. The maximum Gasteiger partial charge on any atom is 0.326 e. The van der Waals surface area contributed by atoms with Crippen molar-refractivity contribution in [2.24, 2.45) is 0 Å². The number of benzene rings is 2. The van der Waals surface area contributed by atoms with Gasteiger partial charge in [-0.2, -0.15) is 0 Å². The zero-order chi connectivity index (χ0) is 17.0. The summed E-state index contributed by atoms with van der Waals surface area (Å²) in [6, 6.07) is 9.22. The number of hydrogen-bond donors (Lipinski definition) is 5. The molecule has 0 heterocycles. The average molecular weight is 317 g/mol. The first kappa shape index (κ1) is 16.2. The smallest absolute Gasteiger partial charge is 0.326 e. The molecule has 5 N–H and O–H groups in total. The van der Waals surface area contributed by atoms with Crippen LogP contribution in [0.3, 0.4) is 0 Å². The number of rotatable bonds is 5. The first-order valence-electron chi connectivity index (χ1n) is 6.71. The zero-order valence-corrected chi connectivity index (χ0v) is 11.9. The molecule has 0 radical (unpaired) electrons. The Morgan fingerprint density at radius 1 is 1.00 bits per heavy atom. The van der Waals surface area contributed by atoms with E-state index < -0.39 is 40.7 Å². The zero-order valence-electron chi connectivity index (χ0n) is 11.9. The van der Waals surface area contributed by atoms with Crippen LogP contribution in [0.1, 0.15) is 15.9 Å². The normalized spacial score (nSPS) is 11.7. The second kappa shape index (κ2) is 6.69. The van der Waals surface area contributed by atoms with Gasteiger partial charge in [0.25, 0.3) is 5.91 Å². The Hall–Kier alpha value is -3.22. The second-order valence-corrected chi connectivity index (χ2v) is 4.91. The van der Waals surface area contributed by atoms with Crippen molar-refractivity contribution in [2.45, 2.75) is 12.5 Å². The molecule has 0 bridgehead atoms. The molecule has 0 saturated heterocycles. The lowest BCUT2D eigenvalue weighted by atomic mass is 10.0. The van der Waals surface area contributed by atoms with Gasteiger partial charge in [-0.15, -0.1) is 0 Å². The van der Waals surface area contributed by atoms with Crippen LogP contribution in [0.5, 0.6) is 17.2 Å². The van der Waals surface area contributed by atoms with E-state index in [9.17, 15) is 30.0 Å². The molecule has 0 spiro atoms. The SMILES string of the molecule is O=C(N[C@@H](Cc1ccccc1)C(=O)O)c1c(O)cc(O)cc1O. The van der Waals surface area contributed by atoms with E-state index in [2.05, 4.69) is 5.32 Å². The van der Waals surface area contributed by atoms with Gasteiger partial charge < -0.3 is 25.7 Å². The monoisotopic (exact) mass is 317 g/mol. The minimum atomic E-state index is -1.25. The Kier molecular flexibility index (Phi) is 4.70. The molecule has 0 aromatic heterocycles. The van der Waals surface area contributed by atoms with E-state index in [0.29, 0.717) is 5.56 Å². The van der Waals surface area contributed by atoms with Gasteiger partial charge in [-0.05, 0) is 5.56 Å². The third kappa shape index (κ3) is 3.91. The number of aliphatic carboxylic acids is 1. The number of hydrogen-bond acceptors (Lipinski definition) is 5. The number of nitrogens with one attached hydrogen (secondary N) is 1. The quantitative estimate of drug-likeness (QED) is 0.564. The Balaban J connectivity index is 2.21. The van der Waals surface area contributed by atoms with E-state index in [1.165, 1.54) is 0 Å². The highest BCUT2D eigenvalue weighted by molar-refractivity contribution is 6.01. The summed E-state index contributed by atoms with van der Waals surface area (Å²) in [5, 5.41) is 40.0. The highest BCUT2D eigenvalue weighted by Crippen LogP contribution is 2.31. The summed E-state index contributed by atoms with van der Waals surface area (Å²) in [4.78, 5) is 23.4. The fraction of sp³-hybridized carbons (Fsp3) is 0.125. The predicted octanol–water partition coefficient (Wildman–Crippen LogP) is 1.23. The molecule has 2 aromatic rings. The molecule has 0 aliphatic heterocycles. The van der Waals surface area contributed by atoms with E-state index in [0.717, 1.165) is 12.1 Å². The van der Waals surface area contributed by atoms with Gasteiger partial charge in [-0.25, -0.2) is 4.79 Å². The number of phenols is 3. The van der Waals surface area contributed by atoms with Gasteiger partial charge in [0.1, 0.15) is 28.9 Å². The average Bonchev–Trinajstić information content (AvgIpc) is 2.46. The van der Waals surface area contributed by atoms with Crippen LogP contribution < -0.4 is 5.32 Å². The summed E-state index contributed by atoms with van der Waals surface area (Å²) in [5.41, 5.74) is 0.210. The van der Waals surface area contributed by atoms with Gasteiger partial charge in [-0.3, -0.25) is 4.79 Å². The summed E-state index contributed by atoms with van der Waals surface area (Å²) in [6.07, 6.45) is 0.0432. The number of carboxylic acid groups (broad SMARTS) is 1. The molecule has 0 aliphatic rings. The fourth-order valence-corrected chi connectivity index (χ4v) is 2.11. The summed E-state index contributed by atoms with van der Waals surface area (Å²) in [5.74, 6) is -3.92. The van der Waals surface area contributed by atoms with Crippen LogP contribution in [0.15, 0.2) is 42.5 Å². The van der Waals surface area contributed by atoms with Crippen LogP contribution in [0.25, 0.3) is 0 Å². The number of carboxylic acids is 1. The summed E-state index contributed by atoms with van der Waals surface area (Å²) >= 11 is 0. The van der Waals surface area contributed by atoms with Crippen molar-refractivity contribution in [1.29, 1.82) is 0 Å². The van der Waals surface area contributed by atoms with Crippen molar-refractivity contribution in [3.63, 3.8) is 0 Å². The van der Waals surface area contributed by atoms with E-state index in [4.69, 9.17) is 0 Å². The molecule has 23 heavy (non-hydrogen) atoms. The number of carbonyl (C=O) groups excluding carboxylic acids is 1. The molecule has 0 fully saturated rings. The van der Waals surface area contributed by atoms with Gasteiger partial charge in [-0.1, -0.05) is 30.3 Å². The van der Waals surface area contributed by atoms with Gasteiger partial charge in [0.15, 0.2) is 0 Å². The third-order valence-electron chi connectivity index (χ3n) is 3.19. The second-order valence-electron chi connectivity index (χ2n) is 4.91. The first-order chi connectivity index (χ1) is 10.9. The topological polar surface area (TPSA) is 127 Å². The molecular formula is C16H15NO6. The molecule has 2 aromatic carbocycles. The fourth-order valence-electron chi connectivity index (χ4n) is 2.11. The lowest BCUT2D eigenvalue weighted by Gasteiger charge is -2.16. The van der Waals surface area contributed by atoms with Gasteiger partial charge in [0.2, 0.25) is 0 Å². The Morgan fingerprint density at radius 3 is 2.09 bits per heavy atom. The maximum atomic E-state index is 12.1. The van der Waals surface area contributed by atoms with Crippen molar-refractivity contribution in [1.82, 2.24) is 5.32 Å². The molecule has 7 nitrogen and oxygen atoms in total. The predicted molar refractivity (Wildman–Crippen MR) is 80.5 cm³/mol. The highest BCUT2D eigenvalue weighted by atomic mass is 16.4. The van der Waals surface area contributed by atoms with Crippen molar-refractivity contribution < 1.29 is 30.0 Å². The number of carbonyl (C=O) groups is 2. The molecule has 120 valence electrons. The van der Waals surface area contributed by atoms with Crippen molar-refractivity contribution in [3.05, 3.63) is 53.6 Å². The molecular weight excluding hydrogens is 302 g/mol. The Labute approximate surface area is 131 Å². The van der Waals surface area contributed by atoms with E-state index in [-0.39, 0.29) is 6.42 Å². The Bertz CT molecular complexity index is 706. The molecule has 0 saturated carbocycles. The minimum absolute atomic E-state index is 0.0432. The molecule has 7 heteroatoms. The Morgan fingerprint density at radius 2 is 1.57 bits per heavy atom. The summed E-state index contributed by atoms with van der Waals surface area (Å²) in [6.45, 7) is 0. The molecule has 0 aliphatic carbocycles. The lowest BCUT2D eigenvalue weighted by molar-refractivity contribution is -0.139. The number of amides is 1. The first-order valence-corrected chi connectivity index (χ1v) is 6.71. The number of phenolic OH excluding ortho intramolecular Hbond substituents is 3. The van der Waals surface area contributed by atoms with Gasteiger partial charge in [0.05, 0.1) is 0 Å². The lowest BCUT2D eigenvalue weighted by Crippen LogP contribution is -2.42. The van der Waals surface area contributed by atoms with Crippen molar-refractivity contribution in [2.75, 3.05) is 0 Å². The summed E-state index contributed by atoms with van der Waals surface area (Å²) in [7, 11) is 0. The standard InChI is InChI=1S/C16H15NO6/c18-10-7-12(19)14(13(20)8-10)15(21)17-11(16(22)23)6-9-4-2-1-3-5-9/h1-5,7-8,11,18-20H,6H2,(H,17,21)(H,22,23)/t11-/m0/s1. The van der Waals surface area contributed by atoms with Crippen LogP contribution in [0.4, 0.5) is 0 Å². The highest BCUT2D eigenvalue weighted by Gasteiger charge is 2.25. The van der Waals surface area contributed by atoms with Crippen LogP contribution in [0, 0.1) is 0 Å². The molecule has 1 amide bonds. The van der Waals surface area contributed by atoms with Gasteiger partial charge >= 0.3 is 5.97 Å². The van der Waals surface area contributed by atoms with Crippen molar-refractivity contribution >= 4 is 11.9 Å². The molecule has 2 rings (SSSR count). The van der Waals surface area contributed by atoms with Crippen LogP contribution in [-0.2, 0) is 11.2 Å². The van der Waals surface area contributed by atoms with E-state index in [1.54, 1.807) is 30.3 Å².